The molecular weight excluding hydrogens is 485 g/mol. The molecule has 0 bridgehead atoms. The van der Waals surface area contributed by atoms with Gasteiger partial charge >= 0.3 is 6.18 Å². The molecule has 8 nitrogen and oxygen atoms in total. The third-order valence-electron chi connectivity index (χ3n) is 7.77. The number of halogens is 3. The zero-order chi connectivity index (χ0) is 26.2. The third-order valence-corrected chi connectivity index (χ3v) is 7.77. The van der Waals surface area contributed by atoms with Crippen LogP contribution < -0.4 is 5.32 Å². The second-order valence-electron chi connectivity index (χ2n) is 9.88. The molecular formula is C26H29F3N6O2. The van der Waals surface area contributed by atoms with Gasteiger partial charge in [0.15, 0.2) is 0 Å². The Morgan fingerprint density at radius 3 is 2.57 bits per heavy atom. The number of hydrogen-bond acceptors (Lipinski definition) is 4. The predicted molar refractivity (Wildman–Crippen MR) is 131 cm³/mol. The first-order valence-corrected chi connectivity index (χ1v) is 12.6. The second kappa shape index (κ2) is 9.68. The Bertz CT molecular complexity index is 1280. The summed E-state index contributed by atoms with van der Waals surface area (Å²) in [6.45, 7) is 2.98. The minimum Gasteiger partial charge on any atom is -0.337 e. The number of benzene rings is 1. The molecule has 1 aliphatic carbocycles. The topological polar surface area (TPSA) is 95.9 Å². The van der Waals surface area contributed by atoms with Crippen molar-refractivity contribution in [3.05, 3.63) is 54.0 Å². The van der Waals surface area contributed by atoms with Gasteiger partial charge < -0.3 is 10.2 Å². The number of rotatable bonds is 6. The van der Waals surface area contributed by atoms with Gasteiger partial charge in [0.05, 0.1) is 29.2 Å². The van der Waals surface area contributed by atoms with Gasteiger partial charge in [0.2, 0.25) is 5.91 Å². The van der Waals surface area contributed by atoms with Crippen LogP contribution in [0.2, 0.25) is 0 Å². The van der Waals surface area contributed by atoms with Gasteiger partial charge in [-0.1, -0.05) is 31.5 Å². The van der Waals surface area contributed by atoms with E-state index in [2.05, 4.69) is 20.6 Å². The predicted octanol–water partition coefficient (Wildman–Crippen LogP) is 5.29. The van der Waals surface area contributed by atoms with E-state index in [-0.39, 0.29) is 40.2 Å². The molecule has 2 aromatic heterocycles. The maximum atomic E-state index is 13.4. The number of likely N-dealkylation sites (tertiary alicyclic amines) is 1. The highest BCUT2D eigenvalue weighted by molar-refractivity contribution is 5.95. The average Bonchev–Trinajstić information content (AvgIpc) is 3.53. The van der Waals surface area contributed by atoms with Gasteiger partial charge in [0, 0.05) is 30.3 Å². The quantitative estimate of drug-likeness (QED) is 0.467. The molecule has 2 amide bonds. The number of nitrogens with zero attached hydrogens (tertiary/aromatic N) is 4. The largest absolute Gasteiger partial charge is 0.417 e. The van der Waals surface area contributed by atoms with Crippen molar-refractivity contribution in [1.29, 1.82) is 0 Å². The molecule has 2 aliphatic rings. The first kappa shape index (κ1) is 25.0. The molecule has 1 aromatic carbocycles. The van der Waals surface area contributed by atoms with Crippen LogP contribution in [0.5, 0.6) is 0 Å². The van der Waals surface area contributed by atoms with Crippen molar-refractivity contribution in [1.82, 2.24) is 24.9 Å². The number of carbonyl (C=O) groups excluding carboxylic acids is 2. The van der Waals surface area contributed by atoms with Crippen LogP contribution in [0, 0.1) is 5.41 Å². The molecule has 3 heterocycles. The van der Waals surface area contributed by atoms with E-state index in [1.807, 2.05) is 17.8 Å². The molecule has 2 fully saturated rings. The SMILES string of the molecule is CCC1(C(=O)Nc2cnn(C3CCN(C(=O)c4cc(-c5ccccc5C(F)(F)F)n[nH]4)CC3)c2)CCC1. The molecule has 2 N–H and O–H groups in total. The highest BCUT2D eigenvalue weighted by atomic mass is 19.4. The molecule has 1 saturated heterocycles. The summed E-state index contributed by atoms with van der Waals surface area (Å²) >= 11 is 0. The molecule has 1 aliphatic heterocycles. The van der Waals surface area contributed by atoms with Crippen molar-refractivity contribution in [3.63, 3.8) is 0 Å². The zero-order valence-electron chi connectivity index (χ0n) is 20.5. The summed E-state index contributed by atoms with van der Waals surface area (Å²) in [6.07, 6.45) is 4.04. The van der Waals surface area contributed by atoms with Crippen LogP contribution in [0.1, 0.15) is 67.5 Å². The van der Waals surface area contributed by atoms with E-state index < -0.39 is 11.7 Å². The van der Waals surface area contributed by atoms with Crippen LogP contribution in [-0.4, -0.2) is 49.8 Å². The molecule has 37 heavy (non-hydrogen) atoms. The van der Waals surface area contributed by atoms with Gasteiger partial charge in [-0.15, -0.1) is 0 Å². The first-order valence-electron chi connectivity index (χ1n) is 12.6. The monoisotopic (exact) mass is 514 g/mol. The molecule has 196 valence electrons. The molecule has 1 saturated carbocycles. The summed E-state index contributed by atoms with van der Waals surface area (Å²) in [5, 5.41) is 14.0. The molecule has 3 aromatic rings. The van der Waals surface area contributed by atoms with Gasteiger partial charge in [-0.25, -0.2) is 0 Å². The molecule has 5 rings (SSSR count). The number of amides is 2. The van der Waals surface area contributed by atoms with Crippen molar-refractivity contribution in [3.8, 4) is 11.3 Å². The van der Waals surface area contributed by atoms with Crippen LogP contribution in [0.15, 0.2) is 42.7 Å². The minimum absolute atomic E-state index is 0.0537. The summed E-state index contributed by atoms with van der Waals surface area (Å²) in [4.78, 5) is 27.4. The van der Waals surface area contributed by atoms with Crippen LogP contribution in [0.4, 0.5) is 18.9 Å². The van der Waals surface area contributed by atoms with E-state index in [1.165, 1.54) is 24.3 Å². The van der Waals surface area contributed by atoms with E-state index in [0.29, 0.717) is 31.6 Å². The Hall–Kier alpha value is -3.63. The van der Waals surface area contributed by atoms with E-state index in [1.54, 1.807) is 11.1 Å². The van der Waals surface area contributed by atoms with Crippen LogP contribution in [0.3, 0.4) is 0 Å². The van der Waals surface area contributed by atoms with Gasteiger partial charge in [-0.05, 0) is 44.2 Å². The van der Waals surface area contributed by atoms with Crippen molar-refractivity contribution < 1.29 is 22.8 Å². The number of aromatic amines is 1. The van der Waals surface area contributed by atoms with Crippen molar-refractivity contribution in [2.45, 2.75) is 57.7 Å². The Balaban J connectivity index is 1.20. The third kappa shape index (κ3) is 4.86. The van der Waals surface area contributed by atoms with Crippen molar-refractivity contribution in [2.75, 3.05) is 18.4 Å². The maximum Gasteiger partial charge on any atom is 0.417 e. The summed E-state index contributed by atoms with van der Waals surface area (Å²) in [5.74, 6) is -0.251. The number of piperidine rings is 1. The Labute approximate surface area is 212 Å². The highest BCUT2D eigenvalue weighted by Crippen LogP contribution is 2.44. The van der Waals surface area contributed by atoms with Crippen LogP contribution >= 0.6 is 0 Å². The van der Waals surface area contributed by atoms with E-state index in [9.17, 15) is 22.8 Å². The standard InChI is InChI=1S/C26H29F3N6O2/c1-2-25(10-5-11-25)24(37)31-17-15-30-35(16-17)18-8-12-34(13-9-18)23(36)22-14-21(32-33-22)19-6-3-4-7-20(19)26(27,28)29/h3-4,6-7,14-16,18H,2,5,8-13H2,1H3,(H,31,37)(H,32,33). The Morgan fingerprint density at radius 1 is 1.19 bits per heavy atom. The summed E-state index contributed by atoms with van der Waals surface area (Å²) < 4.78 is 42.0. The smallest absolute Gasteiger partial charge is 0.337 e. The number of carbonyl (C=O) groups is 2. The minimum atomic E-state index is -4.52. The van der Waals surface area contributed by atoms with Gasteiger partial charge in [0.1, 0.15) is 5.69 Å². The first-order chi connectivity index (χ1) is 17.7. The zero-order valence-corrected chi connectivity index (χ0v) is 20.5. The van der Waals surface area contributed by atoms with E-state index >= 15 is 0 Å². The lowest BCUT2D eigenvalue weighted by Gasteiger charge is -2.39. The lowest BCUT2D eigenvalue weighted by atomic mass is 9.66. The highest BCUT2D eigenvalue weighted by Gasteiger charge is 2.42. The Kier molecular flexibility index (Phi) is 6.55. The van der Waals surface area contributed by atoms with Crippen LogP contribution in [-0.2, 0) is 11.0 Å². The normalized spacial score (nSPS) is 17.9. The summed E-state index contributed by atoms with van der Waals surface area (Å²) in [7, 11) is 0. The lowest BCUT2D eigenvalue weighted by Crippen LogP contribution is -2.41. The van der Waals surface area contributed by atoms with Crippen LogP contribution in [0.25, 0.3) is 11.3 Å². The number of nitrogens with one attached hydrogen (secondary N) is 2. The number of H-pyrrole nitrogens is 1. The number of alkyl halides is 3. The van der Waals surface area contributed by atoms with E-state index in [0.717, 1.165) is 31.7 Å². The lowest BCUT2D eigenvalue weighted by molar-refractivity contribution is -0.137. The number of anilines is 1. The fourth-order valence-electron chi connectivity index (χ4n) is 5.24. The number of hydrogen-bond donors (Lipinski definition) is 2. The summed E-state index contributed by atoms with van der Waals surface area (Å²) in [6, 6.07) is 6.61. The number of aromatic nitrogens is 4. The average molecular weight is 515 g/mol. The molecule has 0 spiro atoms. The van der Waals surface area contributed by atoms with Gasteiger partial charge in [-0.2, -0.15) is 23.4 Å². The fraction of sp³-hybridized carbons (Fsp3) is 0.462. The molecule has 0 unspecified atom stereocenters. The molecule has 11 heteroatoms. The Morgan fingerprint density at radius 2 is 1.92 bits per heavy atom. The van der Waals surface area contributed by atoms with Crippen molar-refractivity contribution >= 4 is 17.5 Å². The molecule has 0 atom stereocenters. The van der Waals surface area contributed by atoms with Gasteiger partial charge in [0.25, 0.3) is 5.91 Å². The van der Waals surface area contributed by atoms with E-state index in [4.69, 9.17) is 0 Å². The fourth-order valence-corrected chi connectivity index (χ4v) is 5.24. The van der Waals surface area contributed by atoms with Crippen molar-refractivity contribution in [2.24, 2.45) is 5.41 Å². The summed E-state index contributed by atoms with van der Waals surface area (Å²) in [5.41, 5.74) is -0.233. The van der Waals surface area contributed by atoms with Gasteiger partial charge in [-0.3, -0.25) is 19.4 Å². The second-order valence-corrected chi connectivity index (χ2v) is 9.88. The molecule has 0 radical (unpaired) electrons. The maximum absolute atomic E-state index is 13.4.